The molecular formula is C32H40BrN3O5S. The van der Waals surface area contributed by atoms with Crippen molar-refractivity contribution in [3.05, 3.63) is 88.9 Å². The molecule has 0 spiro atoms. The summed E-state index contributed by atoms with van der Waals surface area (Å²) in [5.41, 5.74) is 0.815. The number of rotatable bonds is 13. The van der Waals surface area contributed by atoms with Gasteiger partial charge in [-0.15, -0.1) is 0 Å². The molecule has 0 saturated carbocycles. The molecule has 0 fully saturated rings. The summed E-state index contributed by atoms with van der Waals surface area (Å²) in [5.74, 6) is -0.172. The number of carbonyl (C=O) groups is 2. The Bertz CT molecular complexity index is 1420. The summed E-state index contributed by atoms with van der Waals surface area (Å²) >= 11 is 3.35. The van der Waals surface area contributed by atoms with E-state index in [1.54, 1.807) is 36.4 Å². The molecule has 0 aliphatic rings. The first kappa shape index (κ1) is 33.1. The van der Waals surface area contributed by atoms with Gasteiger partial charge in [-0.05, 0) is 94.6 Å². The maximum absolute atomic E-state index is 14.1. The number of anilines is 1. The highest BCUT2D eigenvalue weighted by Gasteiger charge is 2.34. The average Bonchev–Trinajstić information content (AvgIpc) is 2.94. The van der Waals surface area contributed by atoms with E-state index in [2.05, 4.69) is 21.2 Å². The Kier molecular flexibility index (Phi) is 11.6. The van der Waals surface area contributed by atoms with Crippen LogP contribution in [0.15, 0.2) is 88.2 Å². The number of hydrogen-bond acceptors (Lipinski definition) is 5. The molecule has 1 N–H and O–H groups in total. The lowest BCUT2D eigenvalue weighted by molar-refractivity contribution is -0.140. The Labute approximate surface area is 258 Å². The molecule has 0 bridgehead atoms. The lowest BCUT2D eigenvalue weighted by atomic mass is 10.1. The first-order valence-electron chi connectivity index (χ1n) is 14.0. The minimum atomic E-state index is -4.15. The maximum atomic E-state index is 14.1. The lowest BCUT2D eigenvalue weighted by Gasteiger charge is -2.34. The van der Waals surface area contributed by atoms with E-state index in [0.29, 0.717) is 30.9 Å². The lowest BCUT2D eigenvalue weighted by Crippen LogP contribution is -2.56. The molecule has 0 aliphatic carbocycles. The van der Waals surface area contributed by atoms with Crippen LogP contribution in [-0.2, 0) is 26.0 Å². The molecule has 42 heavy (non-hydrogen) atoms. The number of carbonyl (C=O) groups excluding carboxylic acids is 2. The minimum Gasteiger partial charge on any atom is -0.494 e. The summed E-state index contributed by atoms with van der Waals surface area (Å²) in [5, 5.41) is 2.99. The van der Waals surface area contributed by atoms with Crippen LogP contribution in [0.5, 0.6) is 5.75 Å². The van der Waals surface area contributed by atoms with Gasteiger partial charge in [0, 0.05) is 16.6 Å². The van der Waals surface area contributed by atoms with Crippen molar-refractivity contribution in [3.63, 3.8) is 0 Å². The van der Waals surface area contributed by atoms with Crippen LogP contribution in [0.1, 0.15) is 46.6 Å². The van der Waals surface area contributed by atoms with Crippen LogP contribution in [0.4, 0.5) is 5.69 Å². The van der Waals surface area contributed by atoms with Crippen LogP contribution in [0, 0.1) is 0 Å². The highest BCUT2D eigenvalue weighted by molar-refractivity contribution is 9.10. The van der Waals surface area contributed by atoms with Crippen molar-refractivity contribution < 1.29 is 22.7 Å². The molecule has 226 valence electrons. The second-order valence-corrected chi connectivity index (χ2v) is 13.7. The number of amides is 2. The second-order valence-electron chi connectivity index (χ2n) is 10.9. The van der Waals surface area contributed by atoms with Crippen LogP contribution >= 0.6 is 15.9 Å². The number of benzene rings is 3. The van der Waals surface area contributed by atoms with Crippen molar-refractivity contribution in [2.24, 2.45) is 0 Å². The summed E-state index contributed by atoms with van der Waals surface area (Å²) in [6.45, 7) is 9.57. The Hall–Kier alpha value is -3.37. The predicted molar refractivity (Wildman–Crippen MR) is 170 cm³/mol. The number of nitrogens with one attached hydrogen (secondary N) is 1. The molecule has 8 nitrogen and oxygen atoms in total. The summed E-state index contributed by atoms with van der Waals surface area (Å²) in [7, 11) is -4.15. The SMILES string of the molecule is CCOc1ccc(N(CC(=O)N(CCc2ccccc2)[C@H](CC)C(=O)NC(C)(C)C)S(=O)(=O)c2ccc(Br)cc2)cc1. The number of halogens is 1. The van der Waals surface area contributed by atoms with Crippen molar-refractivity contribution in [1.29, 1.82) is 0 Å². The summed E-state index contributed by atoms with van der Waals surface area (Å²) in [6.07, 6.45) is 0.874. The zero-order valence-electron chi connectivity index (χ0n) is 24.8. The van der Waals surface area contributed by atoms with Gasteiger partial charge in [0.2, 0.25) is 11.8 Å². The molecular weight excluding hydrogens is 618 g/mol. The maximum Gasteiger partial charge on any atom is 0.264 e. The van der Waals surface area contributed by atoms with Crippen molar-refractivity contribution >= 4 is 43.5 Å². The normalized spacial score (nSPS) is 12.3. The first-order chi connectivity index (χ1) is 19.9. The fraction of sp³-hybridized carbons (Fsp3) is 0.375. The topological polar surface area (TPSA) is 96.0 Å². The van der Waals surface area contributed by atoms with E-state index in [0.717, 1.165) is 14.3 Å². The van der Waals surface area contributed by atoms with Gasteiger partial charge in [-0.2, -0.15) is 0 Å². The van der Waals surface area contributed by atoms with Gasteiger partial charge < -0.3 is 15.0 Å². The number of ether oxygens (including phenoxy) is 1. The molecule has 0 unspecified atom stereocenters. The Morgan fingerprint density at radius 1 is 0.929 bits per heavy atom. The number of hydrogen-bond donors (Lipinski definition) is 1. The Morgan fingerprint density at radius 3 is 2.10 bits per heavy atom. The molecule has 10 heteroatoms. The first-order valence-corrected chi connectivity index (χ1v) is 16.3. The molecule has 0 heterocycles. The molecule has 3 rings (SSSR count). The van der Waals surface area contributed by atoms with Gasteiger partial charge in [-0.1, -0.05) is 53.2 Å². The average molecular weight is 659 g/mol. The van der Waals surface area contributed by atoms with E-state index in [1.807, 2.05) is 65.0 Å². The van der Waals surface area contributed by atoms with Crippen LogP contribution in [-0.4, -0.2) is 56.4 Å². The third kappa shape index (κ3) is 9.06. The zero-order valence-corrected chi connectivity index (χ0v) is 27.2. The monoisotopic (exact) mass is 657 g/mol. The molecule has 0 aromatic heterocycles. The minimum absolute atomic E-state index is 0.0423. The highest BCUT2D eigenvalue weighted by atomic mass is 79.9. The van der Waals surface area contributed by atoms with Gasteiger partial charge in [-0.25, -0.2) is 8.42 Å². The summed E-state index contributed by atoms with van der Waals surface area (Å²) in [4.78, 5) is 29.1. The van der Waals surface area contributed by atoms with Gasteiger partial charge in [0.05, 0.1) is 17.2 Å². The quantitative estimate of drug-likeness (QED) is 0.250. The third-order valence-electron chi connectivity index (χ3n) is 6.48. The smallest absolute Gasteiger partial charge is 0.264 e. The number of sulfonamides is 1. The van der Waals surface area contributed by atoms with Crippen molar-refractivity contribution in [1.82, 2.24) is 10.2 Å². The van der Waals surface area contributed by atoms with Crippen molar-refractivity contribution in [3.8, 4) is 5.75 Å². The molecule has 0 saturated heterocycles. The van der Waals surface area contributed by atoms with Gasteiger partial charge in [-0.3, -0.25) is 13.9 Å². The standard InChI is InChI=1S/C32H40BrN3O5S/c1-6-29(31(38)34-32(3,4)5)35(22-21-24-11-9-8-10-12-24)30(37)23-36(26-15-17-27(18-16-26)41-7-2)42(39,40)28-19-13-25(33)14-20-28/h8-20,29H,6-7,21-23H2,1-5H3,(H,34,38)/t29-/m1/s1. The van der Waals surface area contributed by atoms with Gasteiger partial charge in [0.25, 0.3) is 10.0 Å². The fourth-order valence-corrected chi connectivity index (χ4v) is 6.17. The van der Waals surface area contributed by atoms with Crippen LogP contribution in [0.25, 0.3) is 0 Å². The Morgan fingerprint density at radius 2 is 1.55 bits per heavy atom. The summed E-state index contributed by atoms with van der Waals surface area (Å²) < 4.78 is 35.3. The van der Waals surface area contributed by atoms with E-state index in [4.69, 9.17) is 4.74 Å². The second kappa shape index (κ2) is 14.7. The van der Waals surface area contributed by atoms with E-state index < -0.39 is 34.1 Å². The van der Waals surface area contributed by atoms with Crippen LogP contribution in [0.3, 0.4) is 0 Å². The molecule has 0 radical (unpaired) electrons. The zero-order chi connectivity index (χ0) is 30.9. The third-order valence-corrected chi connectivity index (χ3v) is 8.80. The van der Waals surface area contributed by atoms with E-state index in [1.165, 1.54) is 17.0 Å². The van der Waals surface area contributed by atoms with E-state index >= 15 is 0 Å². The van der Waals surface area contributed by atoms with Gasteiger partial charge >= 0.3 is 0 Å². The van der Waals surface area contributed by atoms with E-state index in [9.17, 15) is 18.0 Å². The molecule has 1 atom stereocenters. The van der Waals surface area contributed by atoms with Crippen molar-refractivity contribution in [2.75, 3.05) is 24.0 Å². The van der Waals surface area contributed by atoms with Crippen molar-refractivity contribution in [2.45, 2.75) is 63.9 Å². The van der Waals surface area contributed by atoms with E-state index in [-0.39, 0.29) is 17.3 Å². The molecule has 0 aliphatic heterocycles. The molecule has 3 aromatic carbocycles. The van der Waals surface area contributed by atoms with Crippen LogP contribution < -0.4 is 14.4 Å². The summed E-state index contributed by atoms with van der Waals surface area (Å²) in [6, 6.07) is 21.7. The predicted octanol–water partition coefficient (Wildman–Crippen LogP) is 5.81. The van der Waals surface area contributed by atoms with Crippen LogP contribution in [0.2, 0.25) is 0 Å². The largest absolute Gasteiger partial charge is 0.494 e. The Balaban J connectivity index is 2.02. The fourth-order valence-electron chi connectivity index (χ4n) is 4.49. The molecule has 3 aromatic rings. The van der Waals surface area contributed by atoms with Gasteiger partial charge in [0.15, 0.2) is 0 Å². The molecule has 2 amide bonds. The van der Waals surface area contributed by atoms with Gasteiger partial charge in [0.1, 0.15) is 18.3 Å². The highest BCUT2D eigenvalue weighted by Crippen LogP contribution is 2.27. The number of nitrogens with zero attached hydrogens (tertiary/aromatic N) is 2.